The van der Waals surface area contributed by atoms with E-state index < -0.39 is 0 Å². The first-order valence-corrected chi connectivity index (χ1v) is 7.05. The van der Waals surface area contributed by atoms with E-state index in [0.717, 1.165) is 29.6 Å². The molecule has 4 heteroatoms. The number of fused-ring (bicyclic) bond motifs is 2. The molecule has 3 N–H and O–H groups in total. The van der Waals surface area contributed by atoms with Crippen LogP contribution in [-0.2, 0) is 6.42 Å². The average Bonchev–Trinajstić information content (AvgIpc) is 3.13. The lowest BCUT2D eigenvalue weighted by atomic mass is 10.1. The Hall–Kier alpha value is -2.75. The van der Waals surface area contributed by atoms with Crippen molar-refractivity contribution in [3.63, 3.8) is 0 Å². The van der Waals surface area contributed by atoms with Gasteiger partial charge in [0.05, 0.1) is 0 Å². The third kappa shape index (κ3) is 2.14. The molecule has 1 aromatic heterocycles. The zero-order valence-electron chi connectivity index (χ0n) is 11.4. The monoisotopic (exact) mass is 277 g/mol. The van der Waals surface area contributed by atoms with Crippen molar-refractivity contribution in [1.29, 1.82) is 0 Å². The third-order valence-electron chi connectivity index (χ3n) is 3.85. The predicted molar refractivity (Wildman–Crippen MR) is 84.9 cm³/mol. The van der Waals surface area contributed by atoms with Crippen LogP contribution in [0.25, 0.3) is 10.9 Å². The maximum absolute atomic E-state index is 12.3. The van der Waals surface area contributed by atoms with Gasteiger partial charge in [0, 0.05) is 28.8 Å². The number of amides is 1. The number of aromatic amines is 1. The van der Waals surface area contributed by atoms with Gasteiger partial charge in [-0.2, -0.15) is 0 Å². The van der Waals surface area contributed by atoms with Gasteiger partial charge in [0.15, 0.2) is 0 Å². The highest BCUT2D eigenvalue weighted by atomic mass is 16.1. The number of carbonyl (C=O) groups excluding carboxylic acids is 1. The number of rotatable bonds is 2. The standard InChI is InChI=1S/C17H15N3O/c21-17(16-10-11-3-1-2-4-15(11)20-16)19-13-5-6-14-12(9-13)7-8-18-14/h1-6,9-10,18,20H,7-8H2,(H,19,21). The topological polar surface area (TPSA) is 56.9 Å². The minimum absolute atomic E-state index is 0.114. The van der Waals surface area contributed by atoms with E-state index in [4.69, 9.17) is 0 Å². The van der Waals surface area contributed by atoms with E-state index in [1.165, 1.54) is 11.3 Å². The summed E-state index contributed by atoms with van der Waals surface area (Å²) in [6.45, 7) is 0.967. The summed E-state index contributed by atoms with van der Waals surface area (Å²) in [5.41, 5.74) is 4.81. The Labute approximate surface area is 122 Å². The summed E-state index contributed by atoms with van der Waals surface area (Å²) in [5, 5.41) is 7.30. The fraction of sp³-hybridized carbons (Fsp3) is 0.118. The maximum Gasteiger partial charge on any atom is 0.272 e. The van der Waals surface area contributed by atoms with E-state index in [9.17, 15) is 4.79 Å². The number of H-pyrrole nitrogens is 1. The first kappa shape index (κ1) is 12.0. The summed E-state index contributed by atoms with van der Waals surface area (Å²) in [7, 11) is 0. The van der Waals surface area contributed by atoms with Gasteiger partial charge >= 0.3 is 0 Å². The van der Waals surface area contributed by atoms with Crippen molar-refractivity contribution in [3.8, 4) is 0 Å². The highest BCUT2D eigenvalue weighted by Gasteiger charge is 2.13. The van der Waals surface area contributed by atoms with Gasteiger partial charge in [-0.1, -0.05) is 18.2 Å². The number of carbonyl (C=O) groups is 1. The lowest BCUT2D eigenvalue weighted by Gasteiger charge is -2.06. The molecule has 1 amide bonds. The smallest absolute Gasteiger partial charge is 0.272 e. The maximum atomic E-state index is 12.3. The molecule has 4 rings (SSSR count). The molecule has 2 heterocycles. The third-order valence-corrected chi connectivity index (χ3v) is 3.85. The van der Waals surface area contributed by atoms with Crippen LogP contribution in [-0.4, -0.2) is 17.4 Å². The van der Waals surface area contributed by atoms with Gasteiger partial charge in [-0.15, -0.1) is 0 Å². The number of aromatic nitrogens is 1. The van der Waals surface area contributed by atoms with Crippen molar-refractivity contribution in [2.24, 2.45) is 0 Å². The van der Waals surface area contributed by atoms with Crippen LogP contribution >= 0.6 is 0 Å². The Morgan fingerprint density at radius 3 is 2.90 bits per heavy atom. The van der Waals surface area contributed by atoms with Crippen LogP contribution in [0.4, 0.5) is 11.4 Å². The number of hydrogen-bond donors (Lipinski definition) is 3. The summed E-state index contributed by atoms with van der Waals surface area (Å²) in [6, 6.07) is 15.7. The van der Waals surface area contributed by atoms with E-state index in [0.29, 0.717) is 5.69 Å². The summed E-state index contributed by atoms with van der Waals surface area (Å²) < 4.78 is 0. The number of para-hydroxylation sites is 1. The molecule has 0 unspecified atom stereocenters. The number of anilines is 2. The Morgan fingerprint density at radius 2 is 2.00 bits per heavy atom. The molecule has 0 saturated carbocycles. The molecule has 104 valence electrons. The second-order valence-corrected chi connectivity index (χ2v) is 5.27. The molecular formula is C17H15N3O. The Balaban J connectivity index is 1.60. The first-order valence-electron chi connectivity index (χ1n) is 7.05. The first-order chi connectivity index (χ1) is 10.3. The molecule has 3 aromatic rings. The van der Waals surface area contributed by atoms with Crippen molar-refractivity contribution in [1.82, 2.24) is 4.98 Å². The van der Waals surface area contributed by atoms with Gasteiger partial charge in [0.1, 0.15) is 5.69 Å². The van der Waals surface area contributed by atoms with Gasteiger partial charge in [-0.05, 0) is 42.3 Å². The molecule has 0 spiro atoms. The van der Waals surface area contributed by atoms with Crippen LogP contribution < -0.4 is 10.6 Å². The summed E-state index contributed by atoms with van der Waals surface area (Å²) in [4.78, 5) is 15.5. The molecular weight excluding hydrogens is 262 g/mol. The van der Waals surface area contributed by atoms with Gasteiger partial charge in [-0.25, -0.2) is 0 Å². The van der Waals surface area contributed by atoms with Crippen LogP contribution in [0.2, 0.25) is 0 Å². The minimum Gasteiger partial charge on any atom is -0.384 e. The summed E-state index contributed by atoms with van der Waals surface area (Å²) in [6.07, 6.45) is 1.01. The molecule has 0 aliphatic carbocycles. The summed E-state index contributed by atoms with van der Waals surface area (Å²) >= 11 is 0. The van der Waals surface area contributed by atoms with Gasteiger partial charge in [-0.3, -0.25) is 4.79 Å². The van der Waals surface area contributed by atoms with E-state index in [2.05, 4.69) is 15.6 Å². The van der Waals surface area contributed by atoms with Crippen LogP contribution in [0.1, 0.15) is 16.1 Å². The molecule has 1 aliphatic heterocycles. The van der Waals surface area contributed by atoms with E-state index in [1.807, 2.05) is 48.5 Å². The largest absolute Gasteiger partial charge is 0.384 e. The molecule has 0 bridgehead atoms. The zero-order valence-corrected chi connectivity index (χ0v) is 11.4. The lowest BCUT2D eigenvalue weighted by Crippen LogP contribution is -2.12. The highest BCUT2D eigenvalue weighted by Crippen LogP contribution is 2.25. The second kappa shape index (κ2) is 4.66. The molecule has 2 aromatic carbocycles. The number of benzene rings is 2. The highest BCUT2D eigenvalue weighted by molar-refractivity contribution is 6.06. The zero-order chi connectivity index (χ0) is 14.2. The Morgan fingerprint density at radius 1 is 1.10 bits per heavy atom. The van der Waals surface area contributed by atoms with Crippen molar-refractivity contribution >= 4 is 28.2 Å². The SMILES string of the molecule is O=C(Nc1ccc2c(c1)CCN2)c1cc2ccccc2[nH]1. The van der Waals surface area contributed by atoms with E-state index in [-0.39, 0.29) is 5.91 Å². The van der Waals surface area contributed by atoms with E-state index in [1.54, 1.807) is 0 Å². The van der Waals surface area contributed by atoms with Gasteiger partial charge in [0.2, 0.25) is 0 Å². The lowest BCUT2D eigenvalue weighted by molar-refractivity contribution is 0.102. The number of hydrogen-bond acceptors (Lipinski definition) is 2. The molecule has 21 heavy (non-hydrogen) atoms. The van der Waals surface area contributed by atoms with Crippen LogP contribution in [0.15, 0.2) is 48.5 Å². The fourth-order valence-corrected chi connectivity index (χ4v) is 2.78. The molecule has 0 atom stereocenters. The quantitative estimate of drug-likeness (QED) is 0.672. The van der Waals surface area contributed by atoms with E-state index >= 15 is 0 Å². The van der Waals surface area contributed by atoms with Crippen molar-refractivity contribution in [2.75, 3.05) is 17.2 Å². The van der Waals surface area contributed by atoms with Crippen LogP contribution in [0.3, 0.4) is 0 Å². The van der Waals surface area contributed by atoms with Crippen molar-refractivity contribution in [3.05, 3.63) is 59.8 Å². The Kier molecular flexibility index (Phi) is 2.67. The molecule has 0 radical (unpaired) electrons. The Bertz CT molecular complexity index is 802. The van der Waals surface area contributed by atoms with Crippen LogP contribution in [0, 0.1) is 0 Å². The van der Waals surface area contributed by atoms with Gasteiger partial charge in [0.25, 0.3) is 5.91 Å². The second-order valence-electron chi connectivity index (χ2n) is 5.27. The molecule has 4 nitrogen and oxygen atoms in total. The fourth-order valence-electron chi connectivity index (χ4n) is 2.78. The van der Waals surface area contributed by atoms with Gasteiger partial charge < -0.3 is 15.6 Å². The van der Waals surface area contributed by atoms with Crippen LogP contribution in [0.5, 0.6) is 0 Å². The average molecular weight is 277 g/mol. The normalized spacial score (nSPS) is 13.0. The number of nitrogens with one attached hydrogen (secondary N) is 3. The summed E-state index contributed by atoms with van der Waals surface area (Å²) in [5.74, 6) is -0.114. The van der Waals surface area contributed by atoms with Crippen molar-refractivity contribution < 1.29 is 4.79 Å². The van der Waals surface area contributed by atoms with Crippen molar-refractivity contribution in [2.45, 2.75) is 6.42 Å². The predicted octanol–water partition coefficient (Wildman–Crippen LogP) is 3.39. The molecule has 1 aliphatic rings. The molecule has 0 saturated heterocycles. The minimum atomic E-state index is -0.114. The molecule has 0 fully saturated rings.